The number of carbonyl (C=O) groups is 1. The van der Waals surface area contributed by atoms with Gasteiger partial charge in [0.2, 0.25) is 5.24 Å². The van der Waals surface area contributed by atoms with E-state index in [1.54, 1.807) is 13.2 Å². The maximum absolute atomic E-state index is 10.4. The minimum atomic E-state index is -0.424. The average molecular weight is 207 g/mol. The van der Waals surface area contributed by atoms with Crippen molar-refractivity contribution >= 4 is 16.8 Å². The summed E-state index contributed by atoms with van der Waals surface area (Å²) < 4.78 is 5.76. The van der Waals surface area contributed by atoms with Crippen LogP contribution in [0.25, 0.3) is 0 Å². The second-order valence-corrected chi connectivity index (χ2v) is 3.91. The Labute approximate surface area is 84.5 Å². The number of hydrogen-bond acceptors (Lipinski definition) is 2. The van der Waals surface area contributed by atoms with E-state index >= 15 is 0 Å². The number of quaternary nitrogens is 1. The molecule has 0 rings (SSSR count). The second-order valence-electron chi connectivity index (χ2n) is 3.54. The van der Waals surface area contributed by atoms with Gasteiger partial charge in [0.15, 0.2) is 0 Å². The maximum Gasteiger partial charge on any atom is 0.245 e. The fourth-order valence-electron chi connectivity index (χ4n) is 0.860. The Kier molecular flexibility index (Phi) is 5.95. The summed E-state index contributed by atoms with van der Waals surface area (Å²) in [4.78, 5) is 10.4. The quantitative estimate of drug-likeness (QED) is 0.369. The van der Waals surface area contributed by atoms with Crippen molar-refractivity contribution in [3.63, 3.8) is 0 Å². The molecule has 0 aromatic carbocycles. The van der Waals surface area contributed by atoms with Gasteiger partial charge in [-0.1, -0.05) is 0 Å². The molecule has 0 aliphatic heterocycles. The van der Waals surface area contributed by atoms with Crippen molar-refractivity contribution in [1.29, 1.82) is 0 Å². The zero-order chi connectivity index (χ0) is 10.3. The van der Waals surface area contributed by atoms with E-state index in [4.69, 9.17) is 16.3 Å². The fourth-order valence-corrected chi connectivity index (χ4v) is 0.949. The predicted octanol–water partition coefficient (Wildman–Crippen LogP) is 1.03. The Balaban J connectivity index is 3.80. The topological polar surface area (TPSA) is 26.3 Å². The van der Waals surface area contributed by atoms with Crippen LogP contribution >= 0.6 is 11.6 Å². The number of likely N-dealkylation sites (N-methyl/N-ethyl adjacent to an activating group) is 1. The number of ether oxygens (including phenoxy) is 1. The summed E-state index contributed by atoms with van der Waals surface area (Å²) >= 11 is 5.15. The Morgan fingerprint density at radius 3 is 2.62 bits per heavy atom. The molecule has 0 atom stereocenters. The van der Waals surface area contributed by atoms with E-state index < -0.39 is 5.24 Å². The standard InChI is InChI=1S/C9H17ClNO2/c1-11(2,7-8-13-3)6-4-5-9(10)12/h4-5H,6-8H2,1-3H3/q+1/b5-4+. The highest BCUT2D eigenvalue weighted by molar-refractivity contribution is 6.66. The summed E-state index contributed by atoms with van der Waals surface area (Å²) in [5.41, 5.74) is 0. The lowest BCUT2D eigenvalue weighted by Gasteiger charge is -2.27. The van der Waals surface area contributed by atoms with Crippen molar-refractivity contribution in [3.05, 3.63) is 12.2 Å². The zero-order valence-corrected chi connectivity index (χ0v) is 9.17. The molecule has 0 saturated carbocycles. The van der Waals surface area contributed by atoms with E-state index in [9.17, 15) is 4.79 Å². The number of halogens is 1. The minimum Gasteiger partial charge on any atom is -0.379 e. The highest BCUT2D eigenvalue weighted by Gasteiger charge is 2.11. The molecule has 0 bridgehead atoms. The third-order valence-electron chi connectivity index (χ3n) is 1.75. The number of methoxy groups -OCH3 is 1. The van der Waals surface area contributed by atoms with Gasteiger partial charge < -0.3 is 9.22 Å². The number of rotatable bonds is 6. The van der Waals surface area contributed by atoms with Crippen LogP contribution in [-0.2, 0) is 9.53 Å². The molecular formula is C9H17ClNO2+. The van der Waals surface area contributed by atoms with Crippen LogP contribution in [0, 0.1) is 0 Å². The SMILES string of the molecule is COCC[N+](C)(C)C/C=C/C(=O)Cl. The van der Waals surface area contributed by atoms with Crippen LogP contribution in [0.1, 0.15) is 0 Å². The third-order valence-corrected chi connectivity index (χ3v) is 1.88. The van der Waals surface area contributed by atoms with Gasteiger partial charge in [0, 0.05) is 7.11 Å². The summed E-state index contributed by atoms with van der Waals surface area (Å²) in [6, 6.07) is 0. The maximum atomic E-state index is 10.4. The summed E-state index contributed by atoms with van der Waals surface area (Å²) in [7, 11) is 5.82. The van der Waals surface area contributed by atoms with Gasteiger partial charge in [-0.15, -0.1) is 0 Å². The lowest BCUT2D eigenvalue weighted by Crippen LogP contribution is -2.42. The molecule has 0 radical (unpaired) electrons. The molecule has 0 saturated heterocycles. The predicted molar refractivity (Wildman–Crippen MR) is 53.7 cm³/mol. The second kappa shape index (κ2) is 6.13. The molecule has 0 heterocycles. The Hall–Kier alpha value is -0.380. The molecule has 0 aliphatic carbocycles. The smallest absolute Gasteiger partial charge is 0.245 e. The molecule has 76 valence electrons. The number of hydrogen-bond donors (Lipinski definition) is 0. The van der Waals surface area contributed by atoms with Crippen molar-refractivity contribution in [1.82, 2.24) is 0 Å². The molecule has 0 amide bonds. The van der Waals surface area contributed by atoms with Crippen LogP contribution in [0.4, 0.5) is 0 Å². The number of carbonyl (C=O) groups excluding carboxylic acids is 1. The van der Waals surface area contributed by atoms with E-state index in [0.29, 0.717) is 0 Å². The summed E-state index contributed by atoms with van der Waals surface area (Å²) in [6.07, 6.45) is 3.17. The van der Waals surface area contributed by atoms with Crippen LogP contribution < -0.4 is 0 Å². The largest absolute Gasteiger partial charge is 0.379 e. The first-order chi connectivity index (χ1) is 5.98. The molecule has 0 N–H and O–H groups in total. The van der Waals surface area contributed by atoms with Gasteiger partial charge in [-0.3, -0.25) is 4.79 Å². The molecule has 3 nitrogen and oxygen atoms in total. The average Bonchev–Trinajstić information content (AvgIpc) is 2.00. The van der Waals surface area contributed by atoms with Crippen molar-refractivity contribution in [2.45, 2.75) is 0 Å². The number of allylic oxidation sites excluding steroid dienone is 1. The van der Waals surface area contributed by atoms with Gasteiger partial charge in [0.05, 0.1) is 27.2 Å². The molecule has 0 fully saturated rings. The third kappa shape index (κ3) is 7.96. The van der Waals surface area contributed by atoms with E-state index in [1.807, 2.05) is 0 Å². The van der Waals surface area contributed by atoms with Gasteiger partial charge in [-0.2, -0.15) is 0 Å². The Morgan fingerprint density at radius 1 is 1.54 bits per heavy atom. The molecule has 0 aromatic rings. The lowest BCUT2D eigenvalue weighted by atomic mass is 10.4. The van der Waals surface area contributed by atoms with Gasteiger partial charge in [-0.05, 0) is 23.8 Å². The van der Waals surface area contributed by atoms with E-state index in [-0.39, 0.29) is 0 Å². The molecule has 4 heteroatoms. The van der Waals surface area contributed by atoms with Gasteiger partial charge in [0.25, 0.3) is 0 Å². The van der Waals surface area contributed by atoms with Crippen molar-refractivity contribution in [2.24, 2.45) is 0 Å². The monoisotopic (exact) mass is 206 g/mol. The Bertz CT molecular complexity index is 190. The van der Waals surface area contributed by atoms with Crippen LogP contribution in [0.5, 0.6) is 0 Å². The summed E-state index contributed by atoms with van der Waals surface area (Å²) in [5.74, 6) is 0. The molecule has 0 unspecified atom stereocenters. The van der Waals surface area contributed by atoms with Crippen LogP contribution in [0.2, 0.25) is 0 Å². The van der Waals surface area contributed by atoms with E-state index in [0.717, 1.165) is 24.2 Å². The lowest BCUT2D eigenvalue weighted by molar-refractivity contribution is -0.884. The van der Waals surface area contributed by atoms with Crippen LogP contribution in [0.3, 0.4) is 0 Å². The van der Waals surface area contributed by atoms with Crippen molar-refractivity contribution in [2.75, 3.05) is 40.9 Å². The molecule has 0 aromatic heterocycles. The minimum absolute atomic E-state index is 0.424. The summed E-state index contributed by atoms with van der Waals surface area (Å²) in [6.45, 7) is 2.41. The molecular weight excluding hydrogens is 190 g/mol. The Morgan fingerprint density at radius 2 is 2.15 bits per heavy atom. The highest BCUT2D eigenvalue weighted by Crippen LogP contribution is 1.97. The van der Waals surface area contributed by atoms with E-state index in [1.165, 1.54) is 6.08 Å². The summed E-state index contributed by atoms with van der Waals surface area (Å²) in [5, 5.41) is -0.424. The normalized spacial score (nSPS) is 12.3. The van der Waals surface area contributed by atoms with Crippen molar-refractivity contribution < 1.29 is 14.0 Å². The molecule has 0 spiro atoms. The van der Waals surface area contributed by atoms with Crippen LogP contribution in [0.15, 0.2) is 12.2 Å². The first kappa shape index (κ1) is 12.6. The highest BCUT2D eigenvalue weighted by atomic mass is 35.5. The van der Waals surface area contributed by atoms with Crippen molar-refractivity contribution in [3.8, 4) is 0 Å². The first-order valence-electron chi connectivity index (χ1n) is 4.15. The molecule has 0 aliphatic rings. The van der Waals surface area contributed by atoms with E-state index in [2.05, 4.69) is 14.1 Å². The number of nitrogens with zero attached hydrogens (tertiary/aromatic N) is 1. The van der Waals surface area contributed by atoms with Crippen LogP contribution in [-0.4, -0.2) is 50.6 Å². The fraction of sp³-hybridized carbons (Fsp3) is 0.667. The molecule has 13 heavy (non-hydrogen) atoms. The van der Waals surface area contributed by atoms with Gasteiger partial charge in [0.1, 0.15) is 6.54 Å². The zero-order valence-electron chi connectivity index (χ0n) is 8.42. The van der Waals surface area contributed by atoms with Gasteiger partial charge >= 0.3 is 0 Å². The van der Waals surface area contributed by atoms with Gasteiger partial charge in [-0.25, -0.2) is 0 Å². The first-order valence-corrected chi connectivity index (χ1v) is 4.53.